The molecule has 0 atom stereocenters. The van der Waals surface area contributed by atoms with Gasteiger partial charge < -0.3 is 10.4 Å². The Bertz CT molecular complexity index is 521. The lowest BCUT2D eigenvalue weighted by molar-refractivity contribution is -0.151. The molecule has 1 aromatic rings. The maximum absolute atomic E-state index is 12.0. The number of carboxylic acids is 1. The van der Waals surface area contributed by atoms with Crippen molar-refractivity contribution in [3.8, 4) is 0 Å². The number of carbonyl (C=O) groups excluding carboxylic acids is 1. The second-order valence-electron chi connectivity index (χ2n) is 6.21. The zero-order valence-corrected chi connectivity index (χ0v) is 14.0. The van der Waals surface area contributed by atoms with Gasteiger partial charge in [0.15, 0.2) is 0 Å². The fourth-order valence-electron chi connectivity index (χ4n) is 1.59. The molecule has 0 fully saturated rings. The van der Waals surface area contributed by atoms with Gasteiger partial charge in [0.1, 0.15) is 0 Å². The highest BCUT2D eigenvalue weighted by molar-refractivity contribution is 8.00. The summed E-state index contributed by atoms with van der Waals surface area (Å²) in [6.45, 7) is 8.70. The summed E-state index contributed by atoms with van der Waals surface area (Å²) in [4.78, 5) is 24.4. The van der Waals surface area contributed by atoms with Crippen LogP contribution in [0.4, 0.5) is 0 Å². The lowest BCUT2D eigenvalue weighted by Gasteiger charge is -2.38. The summed E-state index contributed by atoms with van der Waals surface area (Å²) in [5, 5.41) is 12.1. The molecule has 1 rings (SSSR count). The molecule has 0 aliphatic carbocycles. The van der Waals surface area contributed by atoms with Crippen molar-refractivity contribution >= 4 is 23.6 Å². The summed E-state index contributed by atoms with van der Waals surface area (Å²) in [6, 6.07) is 7.94. The molecular weight excluding hydrogens is 286 g/mol. The minimum atomic E-state index is -1.04. The van der Waals surface area contributed by atoms with Crippen LogP contribution in [-0.2, 0) is 9.59 Å². The smallest absolute Gasteiger partial charge is 0.311 e. The average molecular weight is 309 g/mol. The van der Waals surface area contributed by atoms with Gasteiger partial charge in [-0.2, -0.15) is 0 Å². The van der Waals surface area contributed by atoms with Crippen molar-refractivity contribution in [2.75, 3.05) is 5.75 Å². The van der Waals surface area contributed by atoms with Gasteiger partial charge in [0.05, 0.1) is 11.2 Å². The third-order valence-corrected chi connectivity index (χ3v) is 4.95. The van der Waals surface area contributed by atoms with Crippen LogP contribution < -0.4 is 5.32 Å². The van der Waals surface area contributed by atoms with Crippen molar-refractivity contribution in [2.24, 2.45) is 5.41 Å². The first-order valence-electron chi connectivity index (χ1n) is 6.80. The van der Waals surface area contributed by atoms with Gasteiger partial charge in [0.2, 0.25) is 5.91 Å². The number of thioether (sulfide) groups is 1. The second kappa shape index (κ2) is 6.52. The van der Waals surface area contributed by atoms with Gasteiger partial charge >= 0.3 is 5.97 Å². The van der Waals surface area contributed by atoms with E-state index in [0.717, 1.165) is 4.90 Å². The minimum absolute atomic E-state index is 0.167. The number of hydrogen-bond donors (Lipinski definition) is 2. The summed E-state index contributed by atoms with van der Waals surface area (Å²) < 4.78 is 0. The summed E-state index contributed by atoms with van der Waals surface area (Å²) >= 11 is 1.44. The molecule has 21 heavy (non-hydrogen) atoms. The summed E-state index contributed by atoms with van der Waals surface area (Å²) in [6.07, 6.45) is 0. The predicted octanol–water partition coefficient (Wildman–Crippen LogP) is 3.09. The van der Waals surface area contributed by atoms with Crippen LogP contribution in [0.2, 0.25) is 0 Å². The molecule has 0 spiro atoms. The number of benzene rings is 1. The molecule has 1 amide bonds. The molecule has 0 saturated heterocycles. The van der Waals surface area contributed by atoms with E-state index in [9.17, 15) is 14.7 Å². The van der Waals surface area contributed by atoms with Crippen molar-refractivity contribution in [3.05, 3.63) is 29.8 Å². The monoisotopic (exact) mass is 309 g/mol. The van der Waals surface area contributed by atoms with Crippen LogP contribution in [-0.4, -0.2) is 28.3 Å². The van der Waals surface area contributed by atoms with Crippen LogP contribution in [0.1, 0.15) is 33.3 Å². The lowest BCUT2D eigenvalue weighted by atomic mass is 9.74. The summed E-state index contributed by atoms with van der Waals surface area (Å²) in [5.41, 5.74) is -0.700. The van der Waals surface area contributed by atoms with Crippen molar-refractivity contribution in [1.29, 1.82) is 0 Å². The quantitative estimate of drug-likeness (QED) is 0.793. The van der Waals surface area contributed by atoms with Crippen LogP contribution in [0.15, 0.2) is 29.2 Å². The highest BCUT2D eigenvalue weighted by Crippen LogP contribution is 2.31. The minimum Gasteiger partial charge on any atom is -0.481 e. The molecule has 0 aliphatic heterocycles. The van der Waals surface area contributed by atoms with E-state index in [2.05, 4.69) is 5.32 Å². The van der Waals surface area contributed by atoms with Crippen molar-refractivity contribution in [3.63, 3.8) is 0 Å². The molecule has 0 radical (unpaired) electrons. The molecule has 2 N–H and O–H groups in total. The molecule has 116 valence electrons. The first-order chi connectivity index (χ1) is 9.56. The van der Waals surface area contributed by atoms with Crippen LogP contribution in [0.25, 0.3) is 0 Å². The van der Waals surface area contributed by atoms with Gasteiger partial charge in [-0.1, -0.05) is 17.7 Å². The molecule has 0 aliphatic rings. The van der Waals surface area contributed by atoms with Gasteiger partial charge in [-0.05, 0) is 46.8 Å². The molecule has 0 heterocycles. The fraction of sp³-hybridized carbons (Fsp3) is 0.500. The zero-order valence-electron chi connectivity index (χ0n) is 13.2. The Balaban J connectivity index is 2.61. The molecular formula is C16H23NO3S. The van der Waals surface area contributed by atoms with E-state index in [4.69, 9.17) is 0 Å². The number of hydrogen-bond acceptors (Lipinski definition) is 3. The Morgan fingerprint density at radius 1 is 1.14 bits per heavy atom. The number of aryl methyl sites for hydroxylation is 1. The fourth-order valence-corrected chi connectivity index (χ4v) is 2.29. The molecule has 0 bridgehead atoms. The van der Waals surface area contributed by atoms with Crippen molar-refractivity contribution in [1.82, 2.24) is 5.32 Å². The number of carbonyl (C=O) groups is 2. The number of nitrogens with one attached hydrogen (secondary N) is 1. The van der Waals surface area contributed by atoms with E-state index in [1.807, 2.05) is 31.2 Å². The van der Waals surface area contributed by atoms with Crippen LogP contribution in [0.5, 0.6) is 0 Å². The Labute approximate surface area is 130 Å². The predicted molar refractivity (Wildman–Crippen MR) is 85.5 cm³/mol. The van der Waals surface area contributed by atoms with Gasteiger partial charge in [-0.25, -0.2) is 0 Å². The Morgan fingerprint density at radius 3 is 2.14 bits per heavy atom. The van der Waals surface area contributed by atoms with E-state index in [-0.39, 0.29) is 11.7 Å². The first kappa shape index (κ1) is 17.6. The average Bonchev–Trinajstić information content (AvgIpc) is 2.37. The van der Waals surface area contributed by atoms with Crippen LogP contribution in [0.3, 0.4) is 0 Å². The first-order valence-corrected chi connectivity index (χ1v) is 7.79. The second-order valence-corrected chi connectivity index (χ2v) is 7.25. The van der Waals surface area contributed by atoms with Crippen LogP contribution >= 0.6 is 11.8 Å². The standard InChI is InChI=1S/C16H23NO3S/c1-11-6-8-12(9-7-11)21-10-13(18)17-16(4,5)15(2,3)14(19)20/h6-9H,10H2,1-5H3,(H,17,18)(H,19,20). The van der Waals surface area contributed by atoms with Gasteiger partial charge in [-0.15, -0.1) is 11.8 Å². The molecule has 0 saturated carbocycles. The lowest BCUT2D eigenvalue weighted by Crippen LogP contribution is -2.57. The zero-order chi connectivity index (χ0) is 16.3. The molecule has 0 unspecified atom stereocenters. The van der Waals surface area contributed by atoms with Crippen molar-refractivity contribution in [2.45, 2.75) is 45.1 Å². The third-order valence-electron chi connectivity index (χ3n) is 3.94. The Hall–Kier alpha value is -1.49. The number of carboxylic acid groups (broad SMARTS) is 1. The molecule has 4 nitrogen and oxygen atoms in total. The SMILES string of the molecule is Cc1ccc(SCC(=O)NC(C)(C)C(C)(C)C(=O)O)cc1. The highest BCUT2D eigenvalue weighted by Gasteiger charge is 2.44. The topological polar surface area (TPSA) is 66.4 Å². The molecule has 5 heteroatoms. The largest absolute Gasteiger partial charge is 0.481 e. The van der Waals surface area contributed by atoms with E-state index in [1.54, 1.807) is 27.7 Å². The van der Waals surface area contributed by atoms with E-state index in [1.165, 1.54) is 17.3 Å². The van der Waals surface area contributed by atoms with E-state index in [0.29, 0.717) is 0 Å². The molecule has 1 aromatic carbocycles. The van der Waals surface area contributed by atoms with E-state index >= 15 is 0 Å². The maximum Gasteiger partial charge on any atom is 0.311 e. The highest BCUT2D eigenvalue weighted by atomic mass is 32.2. The number of aliphatic carboxylic acids is 1. The van der Waals surface area contributed by atoms with Gasteiger partial charge in [0, 0.05) is 10.4 Å². The number of amides is 1. The molecule has 0 aromatic heterocycles. The Morgan fingerprint density at radius 2 is 1.67 bits per heavy atom. The third kappa shape index (κ3) is 4.49. The van der Waals surface area contributed by atoms with Gasteiger partial charge in [-0.3, -0.25) is 9.59 Å². The number of rotatable bonds is 6. The Kier molecular flexibility index (Phi) is 5.45. The van der Waals surface area contributed by atoms with E-state index < -0.39 is 16.9 Å². The summed E-state index contributed by atoms with van der Waals surface area (Å²) in [7, 11) is 0. The summed E-state index contributed by atoms with van der Waals surface area (Å²) in [5.74, 6) is -0.832. The maximum atomic E-state index is 12.0. The van der Waals surface area contributed by atoms with Gasteiger partial charge in [0.25, 0.3) is 0 Å². The normalized spacial score (nSPS) is 12.0. The van der Waals surface area contributed by atoms with Crippen LogP contribution in [0, 0.1) is 12.3 Å². The van der Waals surface area contributed by atoms with Crippen molar-refractivity contribution < 1.29 is 14.7 Å².